The molecular formula is C16H24BrClN2O3. The summed E-state index contributed by atoms with van der Waals surface area (Å²) in [4.78, 5) is 12.3. The minimum Gasteiger partial charge on any atom is -0.496 e. The van der Waals surface area contributed by atoms with Gasteiger partial charge >= 0.3 is 0 Å². The van der Waals surface area contributed by atoms with E-state index in [9.17, 15) is 4.79 Å². The molecule has 2 atom stereocenters. The van der Waals surface area contributed by atoms with Gasteiger partial charge in [-0.05, 0) is 59.3 Å². The van der Waals surface area contributed by atoms with Crippen molar-refractivity contribution in [3.8, 4) is 5.75 Å². The monoisotopic (exact) mass is 406 g/mol. The largest absolute Gasteiger partial charge is 0.496 e. The third-order valence-electron chi connectivity index (χ3n) is 4.11. The van der Waals surface area contributed by atoms with Crippen molar-refractivity contribution in [3.05, 3.63) is 28.2 Å². The van der Waals surface area contributed by atoms with Crippen LogP contribution in [0.5, 0.6) is 5.75 Å². The van der Waals surface area contributed by atoms with Gasteiger partial charge in [-0.2, -0.15) is 0 Å². The molecule has 0 radical (unpaired) electrons. The van der Waals surface area contributed by atoms with Crippen molar-refractivity contribution < 1.29 is 14.3 Å². The van der Waals surface area contributed by atoms with Gasteiger partial charge in [-0.15, -0.1) is 12.4 Å². The second kappa shape index (κ2) is 9.47. The summed E-state index contributed by atoms with van der Waals surface area (Å²) in [5, 5.41) is 2.99. The van der Waals surface area contributed by atoms with E-state index in [1.807, 2.05) is 25.1 Å². The molecular weight excluding hydrogens is 384 g/mol. The first kappa shape index (κ1) is 20.2. The average Bonchev–Trinajstić information content (AvgIpc) is 2.54. The van der Waals surface area contributed by atoms with Crippen LogP contribution in [0.1, 0.15) is 31.4 Å². The zero-order chi connectivity index (χ0) is 16.1. The van der Waals surface area contributed by atoms with E-state index in [-0.39, 0.29) is 30.3 Å². The maximum Gasteiger partial charge on any atom is 0.237 e. The van der Waals surface area contributed by atoms with Gasteiger partial charge in [-0.3, -0.25) is 4.79 Å². The fourth-order valence-corrected chi connectivity index (χ4v) is 3.19. The number of benzene rings is 1. The first-order valence-corrected chi connectivity index (χ1v) is 8.29. The molecule has 0 spiro atoms. The number of carbonyl (C=O) groups is 1. The van der Waals surface area contributed by atoms with Crippen LogP contribution in [0, 0.1) is 5.92 Å². The fraction of sp³-hybridized carbons (Fsp3) is 0.562. The molecule has 0 saturated carbocycles. The Labute approximate surface area is 151 Å². The van der Waals surface area contributed by atoms with Crippen LogP contribution in [-0.4, -0.2) is 32.3 Å². The Hall–Kier alpha value is -0.820. The molecule has 0 aromatic heterocycles. The van der Waals surface area contributed by atoms with Gasteiger partial charge in [-0.1, -0.05) is 6.07 Å². The smallest absolute Gasteiger partial charge is 0.237 e. The highest BCUT2D eigenvalue weighted by atomic mass is 79.9. The number of ether oxygens (including phenoxy) is 2. The lowest BCUT2D eigenvalue weighted by molar-refractivity contribution is -0.125. The molecule has 130 valence electrons. The van der Waals surface area contributed by atoms with E-state index < -0.39 is 6.04 Å². The Kier molecular flexibility index (Phi) is 8.33. The van der Waals surface area contributed by atoms with Crippen LogP contribution < -0.4 is 15.8 Å². The molecule has 1 aliphatic rings. The lowest BCUT2D eigenvalue weighted by Crippen LogP contribution is -2.47. The Balaban J connectivity index is 0.00000264. The zero-order valence-corrected chi connectivity index (χ0v) is 15.8. The first-order chi connectivity index (χ1) is 10.5. The van der Waals surface area contributed by atoms with Gasteiger partial charge in [0.25, 0.3) is 0 Å². The molecule has 1 aromatic carbocycles. The summed E-state index contributed by atoms with van der Waals surface area (Å²) in [6.07, 6.45) is 1.69. The number of hydrogen-bond donors (Lipinski definition) is 2. The quantitative estimate of drug-likeness (QED) is 0.787. The number of halogens is 2. The average molecular weight is 408 g/mol. The predicted molar refractivity (Wildman–Crippen MR) is 96.0 cm³/mol. The first-order valence-electron chi connectivity index (χ1n) is 7.50. The molecule has 2 rings (SSSR count). The molecule has 7 heteroatoms. The van der Waals surface area contributed by atoms with Crippen molar-refractivity contribution in [2.24, 2.45) is 11.7 Å². The highest BCUT2D eigenvalue weighted by molar-refractivity contribution is 9.10. The van der Waals surface area contributed by atoms with Crippen LogP contribution in [0.2, 0.25) is 0 Å². The third kappa shape index (κ3) is 5.35. The maximum atomic E-state index is 12.3. The van der Waals surface area contributed by atoms with Crippen molar-refractivity contribution in [2.75, 3.05) is 20.3 Å². The second-order valence-corrected chi connectivity index (χ2v) is 6.45. The molecule has 23 heavy (non-hydrogen) atoms. The van der Waals surface area contributed by atoms with E-state index in [0.717, 1.165) is 28.6 Å². The summed E-state index contributed by atoms with van der Waals surface area (Å²) in [7, 11) is 1.62. The summed E-state index contributed by atoms with van der Waals surface area (Å²) in [5.41, 5.74) is 7.10. The van der Waals surface area contributed by atoms with E-state index in [2.05, 4.69) is 21.2 Å². The van der Waals surface area contributed by atoms with Gasteiger partial charge in [0.1, 0.15) is 5.75 Å². The minimum absolute atomic E-state index is 0. The van der Waals surface area contributed by atoms with Crippen molar-refractivity contribution in [1.82, 2.24) is 5.32 Å². The molecule has 5 nitrogen and oxygen atoms in total. The maximum absolute atomic E-state index is 12.3. The molecule has 3 N–H and O–H groups in total. The van der Waals surface area contributed by atoms with Gasteiger partial charge in [0.15, 0.2) is 0 Å². The number of amides is 1. The number of hydrogen-bond acceptors (Lipinski definition) is 4. The standard InChI is InChI=1S/C16H23BrN2O3.ClH/c1-10(12-3-4-14(21-2)13(17)9-12)19-16(20)15(18)11-5-7-22-8-6-11;/h3-4,9-11,15H,5-8,18H2,1-2H3,(H,19,20);1H. The lowest BCUT2D eigenvalue weighted by Gasteiger charge is -2.28. The summed E-state index contributed by atoms with van der Waals surface area (Å²) in [6, 6.07) is 5.17. The van der Waals surface area contributed by atoms with Crippen molar-refractivity contribution >= 4 is 34.2 Å². The van der Waals surface area contributed by atoms with Crippen LogP contribution >= 0.6 is 28.3 Å². The van der Waals surface area contributed by atoms with E-state index >= 15 is 0 Å². The van der Waals surface area contributed by atoms with Gasteiger partial charge in [0.05, 0.1) is 23.7 Å². The number of nitrogens with one attached hydrogen (secondary N) is 1. The van der Waals surface area contributed by atoms with E-state index in [0.29, 0.717) is 13.2 Å². The zero-order valence-electron chi connectivity index (χ0n) is 13.4. The molecule has 1 aromatic rings. The topological polar surface area (TPSA) is 73.6 Å². The van der Waals surface area contributed by atoms with E-state index in [1.54, 1.807) is 7.11 Å². The summed E-state index contributed by atoms with van der Waals surface area (Å²) >= 11 is 3.46. The summed E-state index contributed by atoms with van der Waals surface area (Å²) < 4.78 is 11.4. The highest BCUT2D eigenvalue weighted by Crippen LogP contribution is 2.28. The Bertz CT molecular complexity index is 524. The van der Waals surface area contributed by atoms with Crippen molar-refractivity contribution in [3.63, 3.8) is 0 Å². The molecule has 2 unspecified atom stereocenters. The summed E-state index contributed by atoms with van der Waals surface area (Å²) in [5.74, 6) is 0.857. The number of methoxy groups -OCH3 is 1. The second-order valence-electron chi connectivity index (χ2n) is 5.60. The number of nitrogens with two attached hydrogens (primary N) is 1. The predicted octanol–water partition coefficient (Wildman–Crippen LogP) is 2.81. The van der Waals surface area contributed by atoms with E-state index in [1.165, 1.54) is 0 Å². The normalized spacial score (nSPS) is 17.7. The molecule has 0 aliphatic carbocycles. The lowest BCUT2D eigenvalue weighted by atomic mass is 9.91. The minimum atomic E-state index is -0.479. The molecule has 1 heterocycles. The third-order valence-corrected chi connectivity index (χ3v) is 4.73. The highest BCUT2D eigenvalue weighted by Gasteiger charge is 2.27. The van der Waals surface area contributed by atoms with Crippen molar-refractivity contribution in [2.45, 2.75) is 31.8 Å². The van der Waals surface area contributed by atoms with Crippen LogP contribution in [0.4, 0.5) is 0 Å². The Morgan fingerprint density at radius 1 is 1.43 bits per heavy atom. The van der Waals surface area contributed by atoms with Crippen LogP contribution in [0.15, 0.2) is 22.7 Å². The van der Waals surface area contributed by atoms with Crippen molar-refractivity contribution in [1.29, 1.82) is 0 Å². The Morgan fingerprint density at radius 3 is 2.65 bits per heavy atom. The van der Waals surface area contributed by atoms with Crippen LogP contribution in [-0.2, 0) is 9.53 Å². The molecule has 0 bridgehead atoms. The molecule has 1 aliphatic heterocycles. The Morgan fingerprint density at radius 2 is 2.09 bits per heavy atom. The fourth-order valence-electron chi connectivity index (χ4n) is 2.63. The molecule has 1 amide bonds. The molecule has 1 fully saturated rings. The number of rotatable bonds is 5. The molecule has 1 saturated heterocycles. The van der Waals surface area contributed by atoms with Gasteiger partial charge in [-0.25, -0.2) is 0 Å². The van der Waals surface area contributed by atoms with Crippen LogP contribution in [0.25, 0.3) is 0 Å². The van der Waals surface area contributed by atoms with Gasteiger partial charge in [0.2, 0.25) is 5.91 Å². The van der Waals surface area contributed by atoms with E-state index in [4.69, 9.17) is 15.2 Å². The van der Waals surface area contributed by atoms with Gasteiger partial charge < -0.3 is 20.5 Å². The van der Waals surface area contributed by atoms with Crippen LogP contribution in [0.3, 0.4) is 0 Å². The SMILES string of the molecule is COc1ccc(C(C)NC(=O)C(N)C2CCOCC2)cc1Br.Cl. The number of carbonyl (C=O) groups excluding carboxylic acids is 1. The van der Waals surface area contributed by atoms with Gasteiger partial charge in [0, 0.05) is 13.2 Å². The summed E-state index contributed by atoms with van der Waals surface area (Å²) in [6.45, 7) is 3.32.